The number of carbonyl (C=O) groups is 1. The lowest BCUT2D eigenvalue weighted by atomic mass is 10.00. The second-order valence-corrected chi connectivity index (χ2v) is 6.06. The molecule has 29 heavy (non-hydrogen) atoms. The van der Waals surface area contributed by atoms with Gasteiger partial charge in [-0.25, -0.2) is 0 Å². The number of benzene rings is 2. The molecule has 0 radical (unpaired) electrons. The molecule has 3 aromatic rings. The third-order valence-electron chi connectivity index (χ3n) is 4.30. The summed E-state index contributed by atoms with van der Waals surface area (Å²) in [5.74, 6) is 2.10. The molecule has 1 amide bonds. The lowest BCUT2D eigenvalue weighted by Gasteiger charge is -2.14. The Kier molecular flexibility index (Phi) is 5.92. The molecule has 2 aromatic carbocycles. The van der Waals surface area contributed by atoms with Crippen molar-refractivity contribution in [1.82, 2.24) is 5.16 Å². The van der Waals surface area contributed by atoms with Crippen molar-refractivity contribution in [2.24, 2.45) is 0 Å². The van der Waals surface area contributed by atoms with Gasteiger partial charge >= 0.3 is 0 Å². The molecule has 0 aliphatic carbocycles. The molecule has 0 unspecified atom stereocenters. The van der Waals surface area contributed by atoms with Crippen molar-refractivity contribution in [3.8, 4) is 45.4 Å². The number of aromatic nitrogens is 1. The molecule has 0 atom stereocenters. The minimum atomic E-state index is -0.271. The Morgan fingerprint density at radius 2 is 1.52 bits per heavy atom. The second kappa shape index (κ2) is 8.55. The van der Waals surface area contributed by atoms with Crippen LogP contribution in [0.4, 0.5) is 5.88 Å². The molecular weight excluding hydrogens is 376 g/mol. The van der Waals surface area contributed by atoms with Crippen molar-refractivity contribution < 1.29 is 28.3 Å². The maximum absolute atomic E-state index is 11.7. The molecule has 0 fully saturated rings. The average Bonchev–Trinajstić information content (AvgIpc) is 3.15. The minimum Gasteiger partial charge on any atom is -0.497 e. The van der Waals surface area contributed by atoms with E-state index in [9.17, 15) is 4.79 Å². The summed E-state index contributed by atoms with van der Waals surface area (Å²) in [4.78, 5) is 11.7. The van der Waals surface area contributed by atoms with Gasteiger partial charge in [-0.15, -0.1) is 0 Å². The summed E-state index contributed by atoms with van der Waals surface area (Å²) < 4.78 is 26.9. The Labute approximate surface area is 168 Å². The minimum absolute atomic E-state index is 0.242. The third-order valence-corrected chi connectivity index (χ3v) is 4.30. The fourth-order valence-electron chi connectivity index (χ4n) is 2.98. The van der Waals surface area contributed by atoms with Crippen LogP contribution in [0, 0.1) is 0 Å². The highest BCUT2D eigenvalue weighted by atomic mass is 16.5. The van der Waals surface area contributed by atoms with Gasteiger partial charge in [-0.1, -0.05) is 17.3 Å². The smallest absolute Gasteiger partial charge is 0.239 e. The summed E-state index contributed by atoms with van der Waals surface area (Å²) in [6.07, 6.45) is 0. The summed E-state index contributed by atoms with van der Waals surface area (Å²) in [5, 5.41) is 6.88. The standard InChI is InChI=1S/C21H22N2O6/c1-12(24)22-21-18(13-6-8-15(25-2)9-7-13)19(23-29-21)14-10-16(26-3)20(28-5)17(11-14)27-4/h6-11H,1-5H3,(H,22,24). The van der Waals surface area contributed by atoms with Crippen LogP contribution in [0.15, 0.2) is 40.9 Å². The van der Waals surface area contributed by atoms with Crippen molar-refractivity contribution in [3.05, 3.63) is 36.4 Å². The molecule has 0 bridgehead atoms. The largest absolute Gasteiger partial charge is 0.497 e. The Balaban J connectivity index is 2.22. The topological polar surface area (TPSA) is 92.1 Å². The van der Waals surface area contributed by atoms with Gasteiger partial charge in [-0.05, 0) is 29.8 Å². The number of nitrogens with zero attached hydrogens (tertiary/aromatic N) is 1. The zero-order chi connectivity index (χ0) is 21.0. The van der Waals surface area contributed by atoms with Crippen LogP contribution in [0.1, 0.15) is 6.92 Å². The molecule has 1 aromatic heterocycles. The Hall–Kier alpha value is -3.68. The fraction of sp³-hybridized carbons (Fsp3) is 0.238. The molecule has 1 N–H and O–H groups in total. The number of nitrogens with one attached hydrogen (secondary N) is 1. The lowest BCUT2D eigenvalue weighted by Crippen LogP contribution is -2.05. The molecule has 0 saturated carbocycles. The molecule has 8 heteroatoms. The first-order valence-electron chi connectivity index (χ1n) is 8.74. The SMILES string of the molecule is COc1ccc(-c2c(-c3cc(OC)c(OC)c(OC)c3)noc2NC(C)=O)cc1. The van der Waals surface area contributed by atoms with Crippen molar-refractivity contribution >= 4 is 11.8 Å². The summed E-state index contributed by atoms with van der Waals surface area (Å²) in [7, 11) is 6.21. The van der Waals surface area contributed by atoms with Crippen LogP contribution in [0.25, 0.3) is 22.4 Å². The van der Waals surface area contributed by atoms with E-state index in [2.05, 4.69) is 10.5 Å². The Bertz CT molecular complexity index is 986. The number of methoxy groups -OCH3 is 4. The number of amides is 1. The van der Waals surface area contributed by atoms with Crippen molar-refractivity contribution in [3.63, 3.8) is 0 Å². The predicted molar refractivity (Wildman–Crippen MR) is 108 cm³/mol. The Morgan fingerprint density at radius 3 is 2.00 bits per heavy atom. The first-order chi connectivity index (χ1) is 14.0. The molecule has 3 rings (SSSR count). The van der Waals surface area contributed by atoms with Gasteiger partial charge in [-0.2, -0.15) is 0 Å². The van der Waals surface area contributed by atoms with E-state index in [0.717, 1.165) is 5.56 Å². The normalized spacial score (nSPS) is 10.4. The van der Waals surface area contributed by atoms with E-state index in [4.69, 9.17) is 23.5 Å². The highest BCUT2D eigenvalue weighted by Crippen LogP contribution is 2.45. The van der Waals surface area contributed by atoms with Gasteiger partial charge in [-0.3, -0.25) is 10.1 Å². The maximum Gasteiger partial charge on any atom is 0.239 e. The molecule has 1 heterocycles. The number of rotatable bonds is 7. The highest BCUT2D eigenvalue weighted by Gasteiger charge is 2.23. The quantitative estimate of drug-likeness (QED) is 0.643. The number of hydrogen-bond donors (Lipinski definition) is 1. The monoisotopic (exact) mass is 398 g/mol. The van der Waals surface area contributed by atoms with Crippen LogP contribution in [0.2, 0.25) is 0 Å². The van der Waals surface area contributed by atoms with E-state index >= 15 is 0 Å². The van der Waals surface area contributed by atoms with Crippen molar-refractivity contribution in [2.75, 3.05) is 33.8 Å². The Morgan fingerprint density at radius 1 is 0.897 bits per heavy atom. The van der Waals surface area contributed by atoms with E-state index in [-0.39, 0.29) is 11.8 Å². The summed E-state index contributed by atoms with van der Waals surface area (Å²) in [6, 6.07) is 10.9. The van der Waals surface area contributed by atoms with Crippen LogP contribution >= 0.6 is 0 Å². The van der Waals surface area contributed by atoms with Gasteiger partial charge in [0.05, 0.1) is 34.0 Å². The van der Waals surface area contributed by atoms with Crippen LogP contribution in [-0.2, 0) is 4.79 Å². The second-order valence-electron chi connectivity index (χ2n) is 6.06. The molecule has 0 aliphatic heterocycles. The van der Waals surface area contributed by atoms with Crippen molar-refractivity contribution in [1.29, 1.82) is 0 Å². The number of hydrogen-bond acceptors (Lipinski definition) is 7. The fourth-order valence-corrected chi connectivity index (χ4v) is 2.98. The number of carbonyl (C=O) groups excluding carboxylic acids is 1. The van der Waals surface area contributed by atoms with Crippen LogP contribution in [0.3, 0.4) is 0 Å². The van der Waals surface area contributed by atoms with Gasteiger partial charge < -0.3 is 23.5 Å². The third kappa shape index (κ3) is 3.96. The first kappa shape index (κ1) is 20.1. The number of ether oxygens (including phenoxy) is 4. The zero-order valence-electron chi connectivity index (χ0n) is 16.9. The molecule has 0 saturated heterocycles. The van der Waals surface area contributed by atoms with Crippen molar-refractivity contribution in [2.45, 2.75) is 6.92 Å². The van der Waals surface area contributed by atoms with E-state index < -0.39 is 0 Å². The lowest BCUT2D eigenvalue weighted by molar-refractivity contribution is -0.114. The first-order valence-corrected chi connectivity index (χ1v) is 8.74. The number of anilines is 1. The maximum atomic E-state index is 11.7. The zero-order valence-corrected chi connectivity index (χ0v) is 16.9. The van der Waals surface area contributed by atoms with Crippen LogP contribution in [0.5, 0.6) is 23.0 Å². The van der Waals surface area contributed by atoms with Gasteiger partial charge in [0, 0.05) is 12.5 Å². The summed E-state index contributed by atoms with van der Waals surface area (Å²) in [5.41, 5.74) is 2.60. The predicted octanol–water partition coefficient (Wildman–Crippen LogP) is 4.00. The van der Waals surface area contributed by atoms with E-state index in [1.165, 1.54) is 28.3 Å². The molecule has 8 nitrogen and oxygen atoms in total. The van der Waals surface area contributed by atoms with E-state index in [1.54, 1.807) is 19.2 Å². The molecule has 152 valence electrons. The van der Waals surface area contributed by atoms with Gasteiger partial charge in [0.2, 0.25) is 17.5 Å². The molecule has 0 spiro atoms. The van der Waals surface area contributed by atoms with E-state index in [0.29, 0.717) is 39.8 Å². The summed E-state index contributed by atoms with van der Waals surface area (Å²) in [6.45, 7) is 1.40. The van der Waals surface area contributed by atoms with Gasteiger partial charge in [0.25, 0.3) is 0 Å². The average molecular weight is 398 g/mol. The van der Waals surface area contributed by atoms with Gasteiger partial charge in [0.1, 0.15) is 11.4 Å². The summed E-state index contributed by atoms with van der Waals surface area (Å²) >= 11 is 0. The van der Waals surface area contributed by atoms with E-state index in [1.807, 2.05) is 24.3 Å². The van der Waals surface area contributed by atoms with Gasteiger partial charge in [0.15, 0.2) is 11.5 Å². The van der Waals surface area contributed by atoms with Crippen LogP contribution in [-0.4, -0.2) is 39.5 Å². The van der Waals surface area contributed by atoms with Crippen LogP contribution < -0.4 is 24.3 Å². The highest BCUT2D eigenvalue weighted by molar-refractivity contribution is 5.96. The molecule has 0 aliphatic rings. The molecular formula is C21H22N2O6.